The van der Waals surface area contributed by atoms with Gasteiger partial charge in [-0.05, 0) is 70.4 Å². The number of benzene rings is 1. The summed E-state index contributed by atoms with van der Waals surface area (Å²) in [5, 5.41) is 0. The number of hydrogen-bond acceptors (Lipinski definition) is 5. The molecule has 2 amide bonds. The number of alkyl halides is 8. The predicted octanol–water partition coefficient (Wildman–Crippen LogP) is 6.64. The summed E-state index contributed by atoms with van der Waals surface area (Å²) in [5.41, 5.74) is -6.45. The SMILES string of the molecule is COC(=O)[C@@H]1CC(C(F)(F)c2ccc(C3CCN(C(=O)OC(C)(C)C)CC3)cc2C(F)(F)F)CN1C(=O)C1(C(F)(F)F)CC1. The molecule has 1 aromatic carbocycles. The largest absolute Gasteiger partial charge is 0.467 e. The highest BCUT2D eigenvalue weighted by Crippen LogP contribution is 2.60. The zero-order chi connectivity index (χ0) is 33.0. The Labute approximate surface area is 248 Å². The van der Waals surface area contributed by atoms with Gasteiger partial charge in [-0.1, -0.05) is 12.1 Å². The molecule has 3 fully saturated rings. The summed E-state index contributed by atoms with van der Waals surface area (Å²) in [6.07, 6.45) is -12.3. The van der Waals surface area contributed by atoms with Crippen LogP contribution >= 0.6 is 0 Å². The molecule has 0 aromatic heterocycles. The van der Waals surface area contributed by atoms with E-state index < -0.39 is 102 Å². The molecule has 1 aromatic rings. The summed E-state index contributed by atoms with van der Waals surface area (Å²) in [7, 11) is 0.867. The molecule has 0 bridgehead atoms. The third-order valence-corrected chi connectivity index (χ3v) is 8.58. The highest BCUT2D eigenvalue weighted by atomic mass is 19.4. The Bertz CT molecular complexity index is 1280. The quantitative estimate of drug-likeness (QED) is 0.266. The van der Waals surface area contributed by atoms with Crippen molar-refractivity contribution in [1.82, 2.24) is 9.80 Å². The second kappa shape index (κ2) is 11.3. The Balaban J connectivity index is 1.59. The van der Waals surface area contributed by atoms with Gasteiger partial charge in [0.25, 0.3) is 5.92 Å². The van der Waals surface area contributed by atoms with Crippen molar-refractivity contribution < 1.29 is 59.0 Å². The zero-order valence-corrected chi connectivity index (χ0v) is 24.6. The Morgan fingerprint density at radius 1 is 0.909 bits per heavy atom. The summed E-state index contributed by atoms with van der Waals surface area (Å²) >= 11 is 0. The van der Waals surface area contributed by atoms with Gasteiger partial charge in [0.1, 0.15) is 17.1 Å². The summed E-state index contributed by atoms with van der Waals surface area (Å²) in [4.78, 5) is 39.4. The van der Waals surface area contributed by atoms with Crippen LogP contribution in [0.4, 0.5) is 39.9 Å². The molecule has 7 nitrogen and oxygen atoms in total. The number of carbonyl (C=O) groups is 3. The van der Waals surface area contributed by atoms with E-state index >= 15 is 8.78 Å². The molecular weight excluding hydrogens is 608 g/mol. The molecule has 246 valence electrons. The lowest BCUT2D eigenvalue weighted by Crippen LogP contribution is -2.49. The third-order valence-electron chi connectivity index (χ3n) is 8.58. The summed E-state index contributed by atoms with van der Waals surface area (Å²) < 4.78 is 125. The molecule has 0 N–H and O–H groups in total. The molecular formula is C29H34F8N2O5. The molecule has 44 heavy (non-hydrogen) atoms. The maximum Gasteiger partial charge on any atom is 0.416 e. The number of methoxy groups -OCH3 is 1. The maximum absolute atomic E-state index is 16.0. The minimum absolute atomic E-state index is 0.136. The molecule has 1 saturated carbocycles. The van der Waals surface area contributed by atoms with Gasteiger partial charge < -0.3 is 19.3 Å². The first kappa shape index (κ1) is 33.8. The van der Waals surface area contributed by atoms with Gasteiger partial charge in [0.15, 0.2) is 0 Å². The van der Waals surface area contributed by atoms with Crippen LogP contribution in [0.15, 0.2) is 18.2 Å². The molecule has 4 rings (SSSR count). The normalized spacial score (nSPS) is 23.0. The second-order valence-corrected chi connectivity index (χ2v) is 12.7. The number of likely N-dealkylation sites (tertiary alicyclic amines) is 2. The zero-order valence-electron chi connectivity index (χ0n) is 24.6. The predicted molar refractivity (Wildman–Crippen MR) is 138 cm³/mol. The molecule has 2 atom stereocenters. The van der Waals surface area contributed by atoms with E-state index in [9.17, 15) is 40.7 Å². The average molecular weight is 643 g/mol. The van der Waals surface area contributed by atoms with Crippen LogP contribution in [0.2, 0.25) is 0 Å². The Kier molecular flexibility index (Phi) is 8.70. The average Bonchev–Trinajstić information content (AvgIpc) is 3.63. The minimum Gasteiger partial charge on any atom is -0.467 e. The van der Waals surface area contributed by atoms with Gasteiger partial charge in [-0.2, -0.15) is 26.3 Å². The van der Waals surface area contributed by atoms with Crippen molar-refractivity contribution in [1.29, 1.82) is 0 Å². The Morgan fingerprint density at radius 2 is 1.50 bits per heavy atom. The van der Waals surface area contributed by atoms with Gasteiger partial charge in [-0.25, -0.2) is 18.4 Å². The van der Waals surface area contributed by atoms with Crippen molar-refractivity contribution in [2.75, 3.05) is 26.7 Å². The lowest BCUT2D eigenvalue weighted by molar-refractivity contribution is -0.200. The highest BCUT2D eigenvalue weighted by molar-refractivity contribution is 5.91. The van der Waals surface area contributed by atoms with Gasteiger partial charge in [0, 0.05) is 31.1 Å². The molecule has 3 aliphatic rings. The topological polar surface area (TPSA) is 76.2 Å². The number of ether oxygens (including phenoxy) is 2. The van der Waals surface area contributed by atoms with Gasteiger partial charge in [-0.3, -0.25) is 4.79 Å². The van der Waals surface area contributed by atoms with Crippen molar-refractivity contribution >= 4 is 18.0 Å². The van der Waals surface area contributed by atoms with Crippen LogP contribution in [0.3, 0.4) is 0 Å². The van der Waals surface area contributed by atoms with Crippen LogP contribution < -0.4 is 0 Å². The number of carbonyl (C=O) groups excluding carboxylic acids is 3. The summed E-state index contributed by atoms with van der Waals surface area (Å²) in [6.45, 7) is 4.37. The maximum atomic E-state index is 16.0. The Hall–Kier alpha value is -3.13. The number of piperidine rings is 1. The number of halogens is 8. The van der Waals surface area contributed by atoms with Crippen molar-refractivity contribution in [3.05, 3.63) is 34.9 Å². The standard InChI is InChI=1S/C29H34F8N2O5/c1-25(2,3)44-24(42)38-11-7-16(8-12-38)17-5-6-19(20(13-17)28(32,33)34)27(30,31)18-14-21(22(40)43-4)39(15-18)23(41)26(9-10-26)29(35,36)37/h5-6,13,16,18,21H,7-12,14-15H2,1-4H3/t18?,21-/m0/s1. The van der Waals surface area contributed by atoms with Crippen LogP contribution in [0.25, 0.3) is 0 Å². The summed E-state index contributed by atoms with van der Waals surface area (Å²) in [6, 6.07) is 0.612. The van der Waals surface area contributed by atoms with E-state index in [0.717, 1.165) is 13.2 Å². The van der Waals surface area contributed by atoms with E-state index in [4.69, 9.17) is 4.74 Å². The van der Waals surface area contributed by atoms with Gasteiger partial charge in [0.2, 0.25) is 5.91 Å². The molecule has 2 heterocycles. The molecule has 0 radical (unpaired) electrons. The molecule has 2 saturated heterocycles. The fourth-order valence-corrected chi connectivity index (χ4v) is 5.98. The number of amides is 2. The fourth-order valence-electron chi connectivity index (χ4n) is 5.98. The lowest BCUT2D eigenvalue weighted by Gasteiger charge is -2.34. The number of rotatable bonds is 5. The van der Waals surface area contributed by atoms with Crippen LogP contribution in [0.5, 0.6) is 0 Å². The van der Waals surface area contributed by atoms with Crippen molar-refractivity contribution in [3.8, 4) is 0 Å². The summed E-state index contributed by atoms with van der Waals surface area (Å²) in [5.74, 6) is -9.65. The van der Waals surface area contributed by atoms with E-state index in [1.807, 2.05) is 0 Å². The number of hydrogen-bond donors (Lipinski definition) is 0. The van der Waals surface area contributed by atoms with Crippen LogP contribution in [0.1, 0.15) is 75.5 Å². The van der Waals surface area contributed by atoms with Crippen LogP contribution in [-0.4, -0.2) is 72.3 Å². The lowest BCUT2D eigenvalue weighted by atomic mass is 9.84. The van der Waals surface area contributed by atoms with Crippen molar-refractivity contribution in [3.63, 3.8) is 0 Å². The number of esters is 1. The van der Waals surface area contributed by atoms with Crippen molar-refractivity contribution in [2.24, 2.45) is 11.3 Å². The third kappa shape index (κ3) is 6.46. The van der Waals surface area contributed by atoms with E-state index in [2.05, 4.69) is 4.74 Å². The van der Waals surface area contributed by atoms with E-state index in [0.29, 0.717) is 17.0 Å². The van der Waals surface area contributed by atoms with Gasteiger partial charge >= 0.3 is 24.4 Å². The highest BCUT2D eigenvalue weighted by Gasteiger charge is 2.71. The molecule has 1 unspecified atom stereocenters. The monoisotopic (exact) mass is 642 g/mol. The first-order valence-electron chi connectivity index (χ1n) is 14.2. The van der Waals surface area contributed by atoms with E-state index in [-0.39, 0.29) is 31.5 Å². The molecule has 15 heteroatoms. The first-order valence-corrected chi connectivity index (χ1v) is 14.2. The second-order valence-electron chi connectivity index (χ2n) is 12.7. The molecule has 2 aliphatic heterocycles. The minimum atomic E-state index is -5.23. The van der Waals surface area contributed by atoms with Gasteiger partial charge in [0.05, 0.1) is 12.7 Å². The van der Waals surface area contributed by atoms with Crippen LogP contribution in [-0.2, 0) is 31.2 Å². The Morgan fingerprint density at radius 3 is 1.98 bits per heavy atom. The van der Waals surface area contributed by atoms with E-state index in [1.54, 1.807) is 20.8 Å². The van der Waals surface area contributed by atoms with Crippen LogP contribution in [0, 0.1) is 11.3 Å². The van der Waals surface area contributed by atoms with Crippen molar-refractivity contribution in [2.45, 2.75) is 88.7 Å². The smallest absolute Gasteiger partial charge is 0.416 e. The molecule has 0 spiro atoms. The first-order chi connectivity index (χ1) is 20.1. The fraction of sp³-hybridized carbons (Fsp3) is 0.690. The van der Waals surface area contributed by atoms with Gasteiger partial charge in [-0.15, -0.1) is 0 Å². The van der Waals surface area contributed by atoms with E-state index in [1.165, 1.54) is 4.90 Å². The molecule has 1 aliphatic carbocycles. The number of nitrogens with zero attached hydrogens (tertiary/aromatic N) is 2.